The molecular weight excluding hydrogens is 914 g/mol. The molecule has 3 aliphatic heterocycles. The number of carboxylic acid groups (broad SMARTS) is 3. The number of carbonyl (C=O) groups is 5. The first kappa shape index (κ1) is 54.5. The highest BCUT2D eigenvalue weighted by Crippen LogP contribution is 2.40. The molecule has 0 radical (unpaired) electrons. The number of piperazine rings is 1. The lowest BCUT2D eigenvalue weighted by molar-refractivity contribution is -0.153. The second kappa shape index (κ2) is 28.3. The number of hydrogen-bond acceptors (Lipinski definition) is 13. The molecule has 0 aromatic heterocycles. The number of amides is 1. The van der Waals surface area contributed by atoms with Crippen LogP contribution in [-0.4, -0.2) is 148 Å². The number of rotatable bonds is 16. The summed E-state index contributed by atoms with van der Waals surface area (Å²) in [5.74, 6) is -3.23. The summed E-state index contributed by atoms with van der Waals surface area (Å²) in [6, 6.07) is 31.9. The smallest absolute Gasteiger partial charge is 0.328 e. The van der Waals surface area contributed by atoms with Crippen LogP contribution in [0.1, 0.15) is 42.5 Å². The standard InChI is InChI=1S/C25H30N2O5.C21H25N3O2S.C4H4O4.ClH/c1-3-32-25(31)21(14-13-18-9-5-4-6-10-18)26-17(2)23(28)27-16-20-12-8-7-11-19(20)15-22(27)24(29)30;25-14-16-26-15-13-23-9-11-24(12-10-23)21-17-5-1-3-7-19(17)27-20-8-4-2-6-18(20)22-21;5-3(6)1-2-4(7)8;/h4-12,17,21-22,26H,3,13-16H2,1-2H3,(H,29,30);1-8,25H,9-16H2;1-2H,(H,5,6)(H,7,8);1H/b;;2-1+;/t17-,21-,22-;;;/m0.../s1. The SMILES string of the molecule is CCOC(=O)[C@H](CCc1ccccc1)N[C@@H](C)C(=O)N1Cc2ccccc2C[C@H]1C(=O)O.Cl.O=C(O)/C=C/C(=O)O.OCCOCCN1CCN(C2=Nc3ccccc3Sc3ccccc32)CC1. The number of aliphatic hydroxyl groups is 1. The fourth-order valence-electron chi connectivity index (χ4n) is 7.66. The van der Waals surface area contributed by atoms with Gasteiger partial charge in [-0.1, -0.05) is 96.7 Å². The Labute approximate surface area is 407 Å². The van der Waals surface area contributed by atoms with E-state index in [2.05, 4.69) is 63.6 Å². The van der Waals surface area contributed by atoms with Crippen molar-refractivity contribution in [3.05, 3.63) is 138 Å². The number of aliphatic hydroxyl groups excluding tert-OH is 1. The number of halogens is 1. The van der Waals surface area contributed by atoms with Gasteiger partial charge in [0.15, 0.2) is 0 Å². The zero-order valence-electron chi connectivity index (χ0n) is 38.1. The molecular formula is C50H60ClN5O11S. The van der Waals surface area contributed by atoms with E-state index in [9.17, 15) is 29.1 Å². The van der Waals surface area contributed by atoms with Crippen LogP contribution in [0.3, 0.4) is 0 Å². The van der Waals surface area contributed by atoms with E-state index < -0.39 is 42.0 Å². The van der Waals surface area contributed by atoms with Crippen molar-refractivity contribution in [1.29, 1.82) is 0 Å². The number of para-hydroxylation sites is 1. The van der Waals surface area contributed by atoms with Crippen LogP contribution < -0.4 is 5.32 Å². The van der Waals surface area contributed by atoms with E-state index in [-0.39, 0.29) is 44.5 Å². The van der Waals surface area contributed by atoms with Crippen molar-refractivity contribution in [2.75, 3.05) is 59.2 Å². The molecule has 364 valence electrons. The van der Waals surface area contributed by atoms with Gasteiger partial charge in [-0.05, 0) is 61.6 Å². The maximum atomic E-state index is 13.3. The van der Waals surface area contributed by atoms with E-state index >= 15 is 0 Å². The minimum atomic E-state index is -1.26. The molecule has 1 saturated heterocycles. The van der Waals surface area contributed by atoms with Crippen LogP contribution in [-0.2, 0) is 52.8 Å². The largest absolute Gasteiger partial charge is 0.480 e. The lowest BCUT2D eigenvalue weighted by Crippen LogP contribution is -2.56. The molecule has 3 heterocycles. The summed E-state index contributed by atoms with van der Waals surface area (Å²) in [7, 11) is 0. The Morgan fingerprint density at radius 3 is 2.07 bits per heavy atom. The third-order valence-corrected chi connectivity index (χ3v) is 12.2. The first-order valence-corrected chi connectivity index (χ1v) is 23.0. The van der Waals surface area contributed by atoms with Gasteiger partial charge >= 0.3 is 23.9 Å². The van der Waals surface area contributed by atoms with E-state index in [0.717, 1.165) is 60.9 Å². The van der Waals surface area contributed by atoms with Crippen LogP contribution in [0.15, 0.2) is 130 Å². The highest BCUT2D eigenvalue weighted by atomic mass is 35.5. The average Bonchev–Trinajstić information content (AvgIpc) is 3.51. The van der Waals surface area contributed by atoms with E-state index in [0.29, 0.717) is 38.2 Å². The normalized spacial score (nSPS) is 16.0. The van der Waals surface area contributed by atoms with Gasteiger partial charge in [0.25, 0.3) is 0 Å². The number of nitrogens with zero attached hydrogens (tertiary/aromatic N) is 4. The van der Waals surface area contributed by atoms with Crippen molar-refractivity contribution in [2.24, 2.45) is 4.99 Å². The summed E-state index contributed by atoms with van der Waals surface area (Å²) < 4.78 is 10.6. The molecule has 18 heteroatoms. The predicted octanol–water partition coefficient (Wildman–Crippen LogP) is 5.56. The highest BCUT2D eigenvalue weighted by molar-refractivity contribution is 7.99. The molecule has 3 aliphatic rings. The third-order valence-electron chi connectivity index (χ3n) is 11.0. The quantitative estimate of drug-likeness (QED) is 0.0528. The topological polar surface area (TPSA) is 219 Å². The number of benzene rings is 4. The van der Waals surface area contributed by atoms with Crippen LogP contribution in [0.4, 0.5) is 5.69 Å². The molecule has 0 unspecified atom stereocenters. The van der Waals surface area contributed by atoms with Gasteiger partial charge in [0.1, 0.15) is 17.9 Å². The number of ether oxygens (including phenoxy) is 2. The number of nitrogens with one attached hydrogen (secondary N) is 1. The fraction of sp³-hybridized carbons (Fsp3) is 0.360. The van der Waals surface area contributed by atoms with Crippen molar-refractivity contribution in [3.8, 4) is 0 Å². The Kier molecular flexibility index (Phi) is 22.7. The highest BCUT2D eigenvalue weighted by Gasteiger charge is 2.37. The average molecular weight is 975 g/mol. The monoisotopic (exact) mass is 973 g/mol. The van der Waals surface area contributed by atoms with Gasteiger partial charge in [-0.25, -0.2) is 19.4 Å². The minimum absolute atomic E-state index is 0. The molecule has 0 bridgehead atoms. The van der Waals surface area contributed by atoms with Crippen LogP contribution in [0.5, 0.6) is 0 Å². The van der Waals surface area contributed by atoms with E-state index in [1.807, 2.05) is 54.6 Å². The zero-order chi connectivity index (χ0) is 48.1. The van der Waals surface area contributed by atoms with Crippen LogP contribution in [0, 0.1) is 0 Å². The van der Waals surface area contributed by atoms with Gasteiger partial charge in [0, 0.05) is 73.2 Å². The van der Waals surface area contributed by atoms with Gasteiger partial charge in [-0.3, -0.25) is 19.8 Å². The second-order valence-corrected chi connectivity index (χ2v) is 16.8. The maximum Gasteiger partial charge on any atom is 0.328 e. The number of aliphatic carboxylic acids is 3. The number of aryl methyl sites for hydroxylation is 1. The number of fused-ring (bicyclic) bond motifs is 3. The molecule has 3 atom stereocenters. The third kappa shape index (κ3) is 16.6. The number of carboxylic acids is 3. The zero-order valence-corrected chi connectivity index (χ0v) is 39.8. The second-order valence-electron chi connectivity index (χ2n) is 15.7. The molecule has 1 fully saturated rings. The summed E-state index contributed by atoms with van der Waals surface area (Å²) in [5.41, 5.74) is 5.24. The molecule has 0 spiro atoms. The van der Waals surface area contributed by atoms with E-state index in [1.54, 1.807) is 25.6 Å². The van der Waals surface area contributed by atoms with Crippen LogP contribution >= 0.6 is 24.2 Å². The van der Waals surface area contributed by atoms with Crippen LogP contribution in [0.2, 0.25) is 0 Å². The number of amidine groups is 1. The van der Waals surface area contributed by atoms with Gasteiger partial charge < -0.3 is 39.7 Å². The molecule has 4 aromatic carbocycles. The van der Waals surface area contributed by atoms with Crippen molar-refractivity contribution in [1.82, 2.24) is 20.0 Å². The lowest BCUT2D eigenvalue weighted by Gasteiger charge is -2.36. The first-order chi connectivity index (χ1) is 32.4. The number of esters is 1. The summed E-state index contributed by atoms with van der Waals surface area (Å²) in [6.07, 6.45) is 2.49. The molecule has 68 heavy (non-hydrogen) atoms. The molecule has 4 aromatic rings. The van der Waals surface area contributed by atoms with Gasteiger partial charge in [0.2, 0.25) is 5.91 Å². The number of carbonyl (C=O) groups excluding carboxylic acids is 2. The summed E-state index contributed by atoms with van der Waals surface area (Å²) in [6.45, 7) is 9.89. The summed E-state index contributed by atoms with van der Waals surface area (Å²) in [5, 5.41) is 37.2. The summed E-state index contributed by atoms with van der Waals surface area (Å²) >= 11 is 1.80. The van der Waals surface area contributed by atoms with Gasteiger partial charge in [-0.15, -0.1) is 12.4 Å². The first-order valence-electron chi connectivity index (χ1n) is 22.2. The minimum Gasteiger partial charge on any atom is -0.480 e. The van der Waals surface area contributed by atoms with Gasteiger partial charge in [0.05, 0.1) is 38.2 Å². The Bertz CT molecular complexity index is 2330. The van der Waals surface area contributed by atoms with E-state index in [1.165, 1.54) is 20.3 Å². The number of hydrogen-bond donors (Lipinski definition) is 5. The molecule has 0 aliphatic carbocycles. The predicted molar refractivity (Wildman–Crippen MR) is 261 cm³/mol. The molecule has 7 rings (SSSR count). The van der Waals surface area contributed by atoms with Crippen molar-refractivity contribution < 1.29 is 53.9 Å². The molecule has 16 nitrogen and oxygen atoms in total. The Balaban J connectivity index is 0.000000255. The van der Waals surface area contributed by atoms with Crippen molar-refractivity contribution in [3.63, 3.8) is 0 Å². The summed E-state index contributed by atoms with van der Waals surface area (Å²) in [4.78, 5) is 70.5. The van der Waals surface area contributed by atoms with Gasteiger partial charge in [-0.2, -0.15) is 0 Å². The van der Waals surface area contributed by atoms with Crippen LogP contribution in [0.25, 0.3) is 0 Å². The maximum absolute atomic E-state index is 13.3. The Morgan fingerprint density at radius 1 is 0.809 bits per heavy atom. The molecule has 0 saturated carbocycles. The molecule has 5 N–H and O–H groups in total. The van der Waals surface area contributed by atoms with E-state index in [4.69, 9.17) is 29.8 Å². The lowest BCUT2D eigenvalue weighted by atomic mass is 9.93. The number of aliphatic imine (C=N–C) groups is 1. The van der Waals surface area contributed by atoms with Crippen molar-refractivity contribution >= 4 is 65.5 Å². The molecule has 1 amide bonds. The Hall–Kier alpha value is -6.08. The fourth-order valence-corrected chi connectivity index (χ4v) is 8.68. The Morgan fingerprint density at radius 2 is 1.43 bits per heavy atom. The van der Waals surface area contributed by atoms with Crippen molar-refractivity contribution in [2.45, 2.75) is 67.6 Å².